The molecular formula is C25H35N7O5. The van der Waals surface area contributed by atoms with Gasteiger partial charge in [-0.2, -0.15) is 5.26 Å². The number of carbonyl (C=O) groups is 3. The maximum Gasteiger partial charge on any atom is 0.419 e. The number of amides is 1. The standard InChI is InChI=1S/C25H35N7O5/c1-18-8-12-31(21(33)7-11-27)16-20(18)30(2)23-19-9-13-32(24(19)29-17-28-23)25(35)37-15-14-36-22(34)6-4-3-5-10-26/h9,13,17-18,20H,3-8,10,12,14-16,26H2,1-2H3/t18-,20+/m1/s1. The summed E-state index contributed by atoms with van der Waals surface area (Å²) in [5.74, 6) is 0.416. The van der Waals surface area contributed by atoms with Crippen molar-refractivity contribution in [3.8, 4) is 6.07 Å². The molecule has 0 radical (unpaired) electrons. The van der Waals surface area contributed by atoms with Crippen LogP contribution in [0.5, 0.6) is 0 Å². The Morgan fingerprint density at radius 3 is 2.76 bits per heavy atom. The summed E-state index contributed by atoms with van der Waals surface area (Å²) in [5, 5.41) is 9.55. The second-order valence-electron chi connectivity index (χ2n) is 9.17. The highest BCUT2D eigenvalue weighted by Gasteiger charge is 2.33. The van der Waals surface area contributed by atoms with E-state index in [0.29, 0.717) is 42.9 Å². The van der Waals surface area contributed by atoms with Gasteiger partial charge in [-0.25, -0.2) is 19.3 Å². The van der Waals surface area contributed by atoms with Crippen molar-refractivity contribution in [3.63, 3.8) is 0 Å². The minimum absolute atomic E-state index is 0.0187. The van der Waals surface area contributed by atoms with E-state index < -0.39 is 6.09 Å². The molecule has 2 N–H and O–H groups in total. The van der Waals surface area contributed by atoms with Crippen molar-refractivity contribution in [1.82, 2.24) is 19.4 Å². The fourth-order valence-corrected chi connectivity index (χ4v) is 4.50. The zero-order valence-corrected chi connectivity index (χ0v) is 21.5. The third-order valence-corrected chi connectivity index (χ3v) is 6.65. The Hall–Kier alpha value is -3.72. The number of aromatic nitrogens is 3. The minimum atomic E-state index is -0.638. The second kappa shape index (κ2) is 13.5. The lowest BCUT2D eigenvalue weighted by molar-refractivity contribution is -0.144. The van der Waals surface area contributed by atoms with Crippen LogP contribution < -0.4 is 10.6 Å². The third-order valence-electron chi connectivity index (χ3n) is 6.65. The Bertz CT molecular complexity index is 1130. The molecule has 200 valence electrons. The average Bonchev–Trinajstić information content (AvgIpc) is 3.33. The van der Waals surface area contributed by atoms with Gasteiger partial charge in [-0.15, -0.1) is 0 Å². The van der Waals surface area contributed by atoms with Crippen molar-refractivity contribution < 1.29 is 23.9 Å². The number of ether oxygens (including phenoxy) is 2. The number of hydrogen-bond donors (Lipinski definition) is 1. The molecule has 3 rings (SSSR count). The molecule has 0 aromatic carbocycles. The van der Waals surface area contributed by atoms with Crippen molar-refractivity contribution in [3.05, 3.63) is 18.6 Å². The number of likely N-dealkylation sites (N-methyl/N-ethyl adjacent to an activating group) is 1. The van der Waals surface area contributed by atoms with Crippen molar-refractivity contribution in [1.29, 1.82) is 5.26 Å². The number of unbranched alkanes of at least 4 members (excludes halogenated alkanes) is 2. The van der Waals surface area contributed by atoms with Crippen LogP contribution in [0.15, 0.2) is 18.6 Å². The smallest absolute Gasteiger partial charge is 0.419 e. The van der Waals surface area contributed by atoms with Gasteiger partial charge in [0.05, 0.1) is 17.5 Å². The van der Waals surface area contributed by atoms with Gasteiger partial charge in [0.2, 0.25) is 5.91 Å². The summed E-state index contributed by atoms with van der Waals surface area (Å²) in [4.78, 5) is 49.1. The summed E-state index contributed by atoms with van der Waals surface area (Å²) < 4.78 is 11.7. The number of esters is 1. The highest BCUT2D eigenvalue weighted by Crippen LogP contribution is 2.29. The van der Waals surface area contributed by atoms with Crippen LogP contribution in [0.4, 0.5) is 10.6 Å². The van der Waals surface area contributed by atoms with Gasteiger partial charge in [0.1, 0.15) is 31.8 Å². The van der Waals surface area contributed by atoms with Gasteiger partial charge in [-0.3, -0.25) is 9.59 Å². The molecule has 37 heavy (non-hydrogen) atoms. The zero-order valence-electron chi connectivity index (χ0n) is 21.5. The number of likely N-dealkylation sites (tertiary alicyclic amines) is 1. The Balaban J connectivity index is 1.61. The molecule has 0 bridgehead atoms. The molecular weight excluding hydrogens is 478 g/mol. The van der Waals surface area contributed by atoms with E-state index in [-0.39, 0.29) is 43.5 Å². The SMILES string of the molecule is C[C@@H]1CCN(C(=O)CC#N)C[C@@H]1N(C)c1ncnc2c1ccn2C(=O)OCCOC(=O)CCCCCN. The Labute approximate surface area is 216 Å². The van der Waals surface area contributed by atoms with Crippen LogP contribution in [-0.4, -0.2) is 83.3 Å². The van der Waals surface area contributed by atoms with E-state index >= 15 is 0 Å². The molecule has 0 unspecified atom stereocenters. The lowest BCUT2D eigenvalue weighted by atomic mass is 9.92. The van der Waals surface area contributed by atoms with Crippen molar-refractivity contribution in [2.75, 3.05) is 44.8 Å². The monoisotopic (exact) mass is 513 g/mol. The first-order valence-electron chi connectivity index (χ1n) is 12.6. The predicted octanol–water partition coefficient (Wildman–Crippen LogP) is 2.07. The summed E-state index contributed by atoms with van der Waals surface area (Å²) >= 11 is 0. The molecule has 12 heteroatoms. The van der Waals surface area contributed by atoms with E-state index in [4.69, 9.17) is 20.5 Å². The first kappa shape index (κ1) is 27.9. The number of rotatable bonds is 11. The first-order chi connectivity index (χ1) is 17.9. The average molecular weight is 514 g/mol. The normalized spacial score (nSPS) is 17.3. The van der Waals surface area contributed by atoms with Crippen molar-refractivity contribution >= 4 is 34.8 Å². The van der Waals surface area contributed by atoms with Crippen LogP contribution in [0.3, 0.4) is 0 Å². The number of fused-ring (bicyclic) bond motifs is 1. The van der Waals surface area contributed by atoms with E-state index in [1.165, 1.54) is 10.9 Å². The summed E-state index contributed by atoms with van der Waals surface area (Å²) in [6, 6.07) is 3.65. The molecule has 1 aliphatic rings. The van der Waals surface area contributed by atoms with Gasteiger partial charge in [0, 0.05) is 32.8 Å². The lowest BCUT2D eigenvalue weighted by Crippen LogP contribution is -2.52. The largest absolute Gasteiger partial charge is 0.462 e. The molecule has 12 nitrogen and oxygen atoms in total. The Morgan fingerprint density at radius 1 is 1.22 bits per heavy atom. The highest BCUT2D eigenvalue weighted by molar-refractivity contribution is 5.93. The number of carbonyl (C=O) groups excluding carboxylic acids is 3. The summed E-state index contributed by atoms with van der Waals surface area (Å²) in [7, 11) is 1.90. The van der Waals surface area contributed by atoms with Crippen molar-refractivity contribution in [2.24, 2.45) is 11.7 Å². The Kier molecular flexibility index (Phi) is 10.2. The molecule has 0 aliphatic carbocycles. The number of nitrogens with zero attached hydrogens (tertiary/aromatic N) is 6. The second-order valence-corrected chi connectivity index (χ2v) is 9.17. The minimum Gasteiger partial charge on any atom is -0.462 e. The van der Waals surface area contributed by atoms with Gasteiger partial charge >= 0.3 is 12.1 Å². The highest BCUT2D eigenvalue weighted by atomic mass is 16.6. The molecule has 3 heterocycles. The van der Waals surface area contributed by atoms with E-state index in [1.807, 2.05) is 18.0 Å². The molecule has 1 amide bonds. The zero-order chi connectivity index (χ0) is 26.8. The van der Waals surface area contributed by atoms with Crippen LogP contribution in [0.25, 0.3) is 11.0 Å². The van der Waals surface area contributed by atoms with E-state index in [9.17, 15) is 14.4 Å². The van der Waals surface area contributed by atoms with E-state index in [2.05, 4.69) is 16.9 Å². The number of anilines is 1. The van der Waals surface area contributed by atoms with Gasteiger partial charge < -0.3 is 25.0 Å². The fourth-order valence-electron chi connectivity index (χ4n) is 4.50. The topological polar surface area (TPSA) is 157 Å². The summed E-state index contributed by atoms with van der Waals surface area (Å²) in [6.07, 6.45) is 5.76. The van der Waals surface area contributed by atoms with Crippen LogP contribution >= 0.6 is 0 Å². The summed E-state index contributed by atoms with van der Waals surface area (Å²) in [6.45, 7) is 3.74. The van der Waals surface area contributed by atoms with E-state index in [0.717, 1.165) is 25.7 Å². The molecule has 2 aromatic rings. The van der Waals surface area contributed by atoms with Crippen LogP contribution in [-0.2, 0) is 19.1 Å². The van der Waals surface area contributed by atoms with E-state index in [1.54, 1.807) is 17.2 Å². The lowest BCUT2D eigenvalue weighted by Gasteiger charge is -2.42. The molecule has 0 saturated carbocycles. The molecule has 1 aliphatic heterocycles. The van der Waals surface area contributed by atoms with Crippen molar-refractivity contribution in [2.45, 2.75) is 51.5 Å². The third kappa shape index (κ3) is 7.16. The number of nitriles is 1. The van der Waals surface area contributed by atoms with Crippen LogP contribution in [0, 0.1) is 17.2 Å². The fraction of sp³-hybridized carbons (Fsp3) is 0.600. The molecule has 1 saturated heterocycles. The molecule has 2 aromatic heterocycles. The van der Waals surface area contributed by atoms with Gasteiger partial charge in [0.25, 0.3) is 0 Å². The predicted molar refractivity (Wildman–Crippen MR) is 136 cm³/mol. The maximum absolute atomic E-state index is 12.7. The Morgan fingerprint density at radius 2 is 2.00 bits per heavy atom. The van der Waals surface area contributed by atoms with Crippen LogP contribution in [0.1, 0.15) is 45.4 Å². The summed E-state index contributed by atoms with van der Waals surface area (Å²) in [5.41, 5.74) is 5.82. The molecule has 0 spiro atoms. The van der Waals surface area contributed by atoms with Gasteiger partial charge in [0.15, 0.2) is 5.65 Å². The molecule has 1 fully saturated rings. The number of piperidine rings is 1. The van der Waals surface area contributed by atoms with Gasteiger partial charge in [-0.1, -0.05) is 13.3 Å². The first-order valence-corrected chi connectivity index (χ1v) is 12.6. The number of nitrogens with two attached hydrogens (primary N) is 1. The molecule has 2 atom stereocenters. The maximum atomic E-state index is 12.7. The number of hydrogen-bond acceptors (Lipinski definition) is 10. The van der Waals surface area contributed by atoms with Gasteiger partial charge in [-0.05, 0) is 37.8 Å². The van der Waals surface area contributed by atoms with Crippen LogP contribution in [0.2, 0.25) is 0 Å². The quantitative estimate of drug-likeness (QED) is 0.348.